The standard InChI is InChI=1S/C8H21OP/c1-4-10(5-2,6-3)8-7-9/h9-10H,4-8H2,1-3H3. The molecule has 0 radical (unpaired) electrons. The second kappa shape index (κ2) is 5.09. The molecule has 1 nitrogen and oxygen atoms in total. The molecule has 0 saturated carbocycles. The van der Waals surface area contributed by atoms with Crippen molar-refractivity contribution in [2.75, 3.05) is 31.3 Å². The van der Waals surface area contributed by atoms with Crippen LogP contribution in [0, 0.1) is 0 Å². The molecule has 0 unspecified atom stereocenters. The molecule has 10 heavy (non-hydrogen) atoms. The molecule has 0 saturated heterocycles. The summed E-state index contributed by atoms with van der Waals surface area (Å²) >= 11 is 0. The first-order valence-corrected chi connectivity index (χ1v) is 7.18. The summed E-state index contributed by atoms with van der Waals surface area (Å²) < 4.78 is 0. The van der Waals surface area contributed by atoms with E-state index in [0.717, 1.165) is 6.16 Å². The Morgan fingerprint density at radius 2 is 1.40 bits per heavy atom. The summed E-state index contributed by atoms with van der Waals surface area (Å²) in [5.74, 6) is 0. The molecule has 0 rings (SSSR count). The molecule has 2 heteroatoms. The number of hydrogen-bond donors (Lipinski definition) is 1. The van der Waals surface area contributed by atoms with Crippen molar-refractivity contribution < 1.29 is 5.11 Å². The Labute approximate surface area is 65.2 Å². The molecular formula is C8H21OP. The van der Waals surface area contributed by atoms with Gasteiger partial charge in [0.2, 0.25) is 0 Å². The molecule has 0 aromatic heterocycles. The van der Waals surface area contributed by atoms with Gasteiger partial charge in [0.25, 0.3) is 0 Å². The first kappa shape index (κ1) is 10.4. The zero-order chi connectivity index (χ0) is 8.04. The number of aliphatic hydroxyl groups is 1. The second-order valence-electron chi connectivity index (χ2n) is 3.03. The van der Waals surface area contributed by atoms with E-state index in [2.05, 4.69) is 20.8 Å². The van der Waals surface area contributed by atoms with Crippen molar-refractivity contribution in [3.8, 4) is 0 Å². The van der Waals surface area contributed by atoms with Gasteiger partial charge in [-0.1, -0.05) is 0 Å². The van der Waals surface area contributed by atoms with E-state index in [-0.39, 0.29) is 0 Å². The van der Waals surface area contributed by atoms with E-state index >= 15 is 0 Å². The Morgan fingerprint density at radius 3 is 1.50 bits per heavy atom. The van der Waals surface area contributed by atoms with Gasteiger partial charge in [0.05, 0.1) is 0 Å². The van der Waals surface area contributed by atoms with Crippen LogP contribution in [0.2, 0.25) is 0 Å². The minimum absolute atomic E-state index is 0.405. The molecule has 0 aliphatic carbocycles. The summed E-state index contributed by atoms with van der Waals surface area (Å²) in [4.78, 5) is 0. The van der Waals surface area contributed by atoms with Gasteiger partial charge in [-0.05, 0) is 0 Å². The monoisotopic (exact) mass is 164 g/mol. The third kappa shape index (κ3) is 2.56. The third-order valence-corrected chi connectivity index (χ3v) is 8.68. The van der Waals surface area contributed by atoms with Crippen molar-refractivity contribution in [1.29, 1.82) is 0 Å². The van der Waals surface area contributed by atoms with Gasteiger partial charge < -0.3 is 0 Å². The van der Waals surface area contributed by atoms with Gasteiger partial charge in [0, 0.05) is 0 Å². The summed E-state index contributed by atoms with van der Waals surface area (Å²) in [5.41, 5.74) is 0. The van der Waals surface area contributed by atoms with Crippen molar-refractivity contribution in [2.24, 2.45) is 0 Å². The molecule has 1 N–H and O–H groups in total. The van der Waals surface area contributed by atoms with Crippen LogP contribution in [-0.2, 0) is 0 Å². The summed E-state index contributed by atoms with van der Waals surface area (Å²) in [6, 6.07) is 0. The van der Waals surface area contributed by atoms with Crippen LogP contribution in [0.15, 0.2) is 0 Å². The molecule has 64 valence electrons. The van der Waals surface area contributed by atoms with E-state index in [9.17, 15) is 0 Å². The van der Waals surface area contributed by atoms with Gasteiger partial charge in [0.1, 0.15) is 0 Å². The molecule has 0 aliphatic rings. The molecule has 0 heterocycles. The van der Waals surface area contributed by atoms with Crippen molar-refractivity contribution in [3.63, 3.8) is 0 Å². The van der Waals surface area contributed by atoms with E-state index in [1.807, 2.05) is 0 Å². The van der Waals surface area contributed by atoms with Crippen molar-refractivity contribution >= 4 is 7.26 Å². The van der Waals surface area contributed by atoms with E-state index in [0.29, 0.717) is 6.61 Å². The van der Waals surface area contributed by atoms with Crippen LogP contribution >= 0.6 is 7.26 Å². The zero-order valence-corrected chi connectivity index (χ0v) is 8.48. The Morgan fingerprint density at radius 1 is 1.00 bits per heavy atom. The Balaban J connectivity index is 3.87. The molecule has 0 atom stereocenters. The van der Waals surface area contributed by atoms with Crippen LogP contribution < -0.4 is 0 Å². The average molecular weight is 164 g/mol. The molecule has 0 amide bonds. The molecule has 0 spiro atoms. The van der Waals surface area contributed by atoms with Crippen molar-refractivity contribution in [1.82, 2.24) is 0 Å². The normalized spacial score (nSPS) is 13.6. The molecular weight excluding hydrogens is 143 g/mol. The molecule has 0 aromatic carbocycles. The second-order valence-corrected chi connectivity index (χ2v) is 8.66. The van der Waals surface area contributed by atoms with E-state index < -0.39 is 7.26 Å². The summed E-state index contributed by atoms with van der Waals surface area (Å²) in [5, 5.41) is 8.83. The maximum absolute atomic E-state index is 8.83. The molecule has 0 aliphatic heterocycles. The summed E-state index contributed by atoms with van der Waals surface area (Å²) in [7, 11) is -0.967. The SMILES string of the molecule is CC[PH](CC)(CC)CCO. The summed E-state index contributed by atoms with van der Waals surface area (Å²) in [6.45, 7) is 7.22. The topological polar surface area (TPSA) is 20.2 Å². The van der Waals surface area contributed by atoms with Gasteiger partial charge in [-0.3, -0.25) is 0 Å². The Kier molecular flexibility index (Phi) is 5.29. The molecule has 0 bridgehead atoms. The molecule has 0 fully saturated rings. The average Bonchev–Trinajstić information content (AvgIpc) is 2.01. The molecule has 0 aromatic rings. The predicted octanol–water partition coefficient (Wildman–Crippen LogP) is 1.79. The van der Waals surface area contributed by atoms with Crippen molar-refractivity contribution in [2.45, 2.75) is 20.8 Å². The number of aliphatic hydroxyl groups excluding tert-OH is 1. The quantitative estimate of drug-likeness (QED) is 0.614. The summed E-state index contributed by atoms with van der Waals surface area (Å²) in [6.07, 6.45) is 5.11. The first-order chi connectivity index (χ1) is 4.74. The number of rotatable bonds is 5. The van der Waals surface area contributed by atoms with E-state index in [1.54, 1.807) is 0 Å². The van der Waals surface area contributed by atoms with Gasteiger partial charge in [-0.25, -0.2) is 0 Å². The fourth-order valence-corrected chi connectivity index (χ4v) is 4.55. The van der Waals surface area contributed by atoms with Crippen LogP contribution in [0.4, 0.5) is 0 Å². The fourth-order valence-electron chi connectivity index (χ4n) is 1.52. The first-order valence-electron chi connectivity index (χ1n) is 4.35. The van der Waals surface area contributed by atoms with Crippen LogP contribution in [0.5, 0.6) is 0 Å². The van der Waals surface area contributed by atoms with Crippen molar-refractivity contribution in [3.05, 3.63) is 0 Å². The third-order valence-electron chi connectivity index (χ3n) is 2.89. The van der Waals surface area contributed by atoms with E-state index in [1.165, 1.54) is 18.5 Å². The zero-order valence-electron chi connectivity index (χ0n) is 7.48. The van der Waals surface area contributed by atoms with Gasteiger partial charge >= 0.3 is 64.4 Å². The van der Waals surface area contributed by atoms with E-state index in [4.69, 9.17) is 5.11 Å². The maximum atomic E-state index is 8.83. The van der Waals surface area contributed by atoms with Crippen LogP contribution in [0.25, 0.3) is 0 Å². The van der Waals surface area contributed by atoms with Crippen LogP contribution in [0.3, 0.4) is 0 Å². The fraction of sp³-hybridized carbons (Fsp3) is 1.00. The van der Waals surface area contributed by atoms with Gasteiger partial charge in [-0.15, -0.1) is 0 Å². The van der Waals surface area contributed by atoms with Crippen LogP contribution in [0.1, 0.15) is 20.8 Å². The number of hydrogen-bond acceptors (Lipinski definition) is 1. The van der Waals surface area contributed by atoms with Crippen LogP contribution in [-0.4, -0.2) is 36.4 Å². The minimum atomic E-state index is -0.967. The van der Waals surface area contributed by atoms with Gasteiger partial charge in [-0.2, -0.15) is 0 Å². The Hall–Kier alpha value is 0.390. The van der Waals surface area contributed by atoms with Gasteiger partial charge in [0.15, 0.2) is 0 Å². The predicted molar refractivity (Wildman–Crippen MR) is 51.9 cm³/mol. The Bertz CT molecular complexity index is 71.1.